The molecule has 0 fully saturated rings. The predicted molar refractivity (Wildman–Crippen MR) is 106 cm³/mol. The van der Waals surface area contributed by atoms with Crippen molar-refractivity contribution in [1.82, 2.24) is 5.43 Å². The smallest absolute Gasteiger partial charge is 0.277 e. The fourth-order valence-corrected chi connectivity index (χ4v) is 3.38. The van der Waals surface area contributed by atoms with Crippen molar-refractivity contribution < 1.29 is 14.6 Å². The van der Waals surface area contributed by atoms with Gasteiger partial charge in [0.1, 0.15) is 11.5 Å². The van der Waals surface area contributed by atoms with Crippen molar-refractivity contribution in [2.24, 2.45) is 5.10 Å². The molecule has 2 aromatic carbocycles. The lowest BCUT2D eigenvalue weighted by molar-refractivity contribution is -0.123. The lowest BCUT2D eigenvalue weighted by atomic mass is 10.1. The van der Waals surface area contributed by atoms with E-state index in [-0.39, 0.29) is 18.3 Å². The molecule has 0 radical (unpaired) electrons. The summed E-state index contributed by atoms with van der Waals surface area (Å²) in [5, 5.41) is 13.3. The van der Waals surface area contributed by atoms with Crippen molar-refractivity contribution in [3.63, 3.8) is 0 Å². The Balaban J connectivity index is 1.92. The quantitative estimate of drug-likeness (QED) is 0.370. The average molecular weight is 503 g/mol. The third kappa shape index (κ3) is 5.20. The van der Waals surface area contributed by atoms with E-state index in [1.54, 1.807) is 12.1 Å². The molecule has 2 rings (SSSR count). The van der Waals surface area contributed by atoms with Gasteiger partial charge in [-0.05, 0) is 77.9 Å². The number of phenolic OH excluding ortho intramolecular Hbond substituents is 1. The zero-order valence-electron chi connectivity index (χ0n) is 13.1. The summed E-state index contributed by atoms with van der Waals surface area (Å²) in [6, 6.07) is 8.79. The van der Waals surface area contributed by atoms with E-state index in [9.17, 15) is 9.90 Å². The van der Waals surface area contributed by atoms with E-state index in [1.165, 1.54) is 12.3 Å². The Kier molecular flexibility index (Phi) is 6.61. The molecule has 2 aromatic rings. The molecule has 7 heteroatoms. The molecule has 0 spiro atoms. The van der Waals surface area contributed by atoms with E-state index in [0.717, 1.165) is 19.2 Å². The number of hydrogen-bond acceptors (Lipinski definition) is 4. The van der Waals surface area contributed by atoms with Gasteiger partial charge in [0.15, 0.2) is 6.61 Å². The van der Waals surface area contributed by atoms with Crippen molar-refractivity contribution in [1.29, 1.82) is 0 Å². The number of ether oxygens (including phenoxy) is 1. The second-order valence-electron chi connectivity index (χ2n) is 5.16. The Hall–Kier alpha value is -1.61. The molecule has 0 aliphatic heterocycles. The highest BCUT2D eigenvalue weighted by Gasteiger charge is 2.08. The minimum absolute atomic E-state index is 0.124. The number of hydrazone groups is 1. The molecule has 1 amide bonds. The van der Waals surface area contributed by atoms with Crippen LogP contribution in [0, 0.1) is 17.4 Å². The van der Waals surface area contributed by atoms with Gasteiger partial charge in [0.2, 0.25) is 0 Å². The molecule has 0 bridgehead atoms. The van der Waals surface area contributed by atoms with Crippen LogP contribution < -0.4 is 10.2 Å². The maximum absolute atomic E-state index is 11.8. The van der Waals surface area contributed by atoms with Crippen LogP contribution in [0.2, 0.25) is 0 Å². The summed E-state index contributed by atoms with van der Waals surface area (Å²) in [5.41, 5.74) is 5.02. The third-order valence-corrected chi connectivity index (χ3v) is 4.49. The van der Waals surface area contributed by atoms with Crippen LogP contribution >= 0.6 is 38.5 Å². The zero-order chi connectivity index (χ0) is 17.7. The van der Waals surface area contributed by atoms with E-state index >= 15 is 0 Å². The molecule has 0 unspecified atom stereocenters. The molecule has 0 saturated heterocycles. The lowest BCUT2D eigenvalue weighted by Gasteiger charge is -2.11. The maximum Gasteiger partial charge on any atom is 0.277 e. The van der Waals surface area contributed by atoms with Crippen LogP contribution in [-0.2, 0) is 4.79 Å². The highest BCUT2D eigenvalue weighted by Crippen LogP contribution is 2.25. The fourth-order valence-electron chi connectivity index (χ4n) is 2.10. The van der Waals surface area contributed by atoms with E-state index in [4.69, 9.17) is 4.74 Å². The Bertz CT molecular complexity index is 770. The van der Waals surface area contributed by atoms with Crippen LogP contribution in [0.25, 0.3) is 0 Å². The van der Waals surface area contributed by atoms with E-state index in [1.807, 2.05) is 26.0 Å². The number of carbonyl (C=O) groups excluding carboxylic acids is 1. The Morgan fingerprint density at radius 1 is 1.33 bits per heavy atom. The summed E-state index contributed by atoms with van der Waals surface area (Å²) in [5.74, 6) is 0.476. The lowest BCUT2D eigenvalue weighted by Crippen LogP contribution is -2.25. The number of nitrogens with zero attached hydrogens (tertiary/aromatic N) is 1. The number of hydrogen-bond donors (Lipinski definition) is 2. The van der Waals surface area contributed by atoms with Crippen LogP contribution in [0.4, 0.5) is 0 Å². The maximum atomic E-state index is 11.8. The number of nitrogens with one attached hydrogen (secondary N) is 1. The first-order chi connectivity index (χ1) is 11.4. The van der Waals surface area contributed by atoms with Crippen molar-refractivity contribution in [2.45, 2.75) is 13.8 Å². The highest BCUT2D eigenvalue weighted by atomic mass is 127. The van der Waals surface area contributed by atoms with Gasteiger partial charge in [-0.25, -0.2) is 5.43 Å². The molecule has 0 aromatic heterocycles. The molecular formula is C17H16BrIN2O3. The number of aromatic hydroxyl groups is 1. The first-order valence-corrected chi connectivity index (χ1v) is 8.94. The highest BCUT2D eigenvalue weighted by molar-refractivity contribution is 14.1. The minimum atomic E-state index is -0.361. The average Bonchev–Trinajstić information content (AvgIpc) is 2.49. The minimum Gasteiger partial charge on any atom is -0.508 e. The van der Waals surface area contributed by atoms with Gasteiger partial charge in [0.05, 0.1) is 6.21 Å². The molecule has 0 saturated carbocycles. The largest absolute Gasteiger partial charge is 0.508 e. The fraction of sp³-hybridized carbons (Fsp3) is 0.176. The molecule has 0 heterocycles. The topological polar surface area (TPSA) is 70.9 Å². The number of benzene rings is 2. The molecule has 0 aliphatic rings. The van der Waals surface area contributed by atoms with Crippen molar-refractivity contribution in [3.05, 3.63) is 55.1 Å². The van der Waals surface area contributed by atoms with Gasteiger partial charge >= 0.3 is 0 Å². The summed E-state index contributed by atoms with van der Waals surface area (Å²) < 4.78 is 7.48. The number of rotatable bonds is 5. The normalized spacial score (nSPS) is 10.8. The number of carbonyl (C=O) groups is 1. The van der Waals surface area contributed by atoms with Crippen LogP contribution in [0.1, 0.15) is 16.7 Å². The Morgan fingerprint density at radius 3 is 2.67 bits per heavy atom. The summed E-state index contributed by atoms with van der Waals surface area (Å²) in [6.45, 7) is 3.76. The first kappa shape index (κ1) is 18.7. The number of amides is 1. The SMILES string of the molecule is Cc1cc(I)cc(C)c1OCC(=O)N/N=C/c1cc(O)ccc1Br. The summed E-state index contributed by atoms with van der Waals surface area (Å²) in [7, 11) is 0. The molecule has 2 N–H and O–H groups in total. The number of halogens is 2. The summed E-state index contributed by atoms with van der Waals surface area (Å²) in [6.07, 6.45) is 1.45. The summed E-state index contributed by atoms with van der Waals surface area (Å²) in [4.78, 5) is 11.8. The number of aryl methyl sites for hydroxylation is 2. The van der Waals surface area contributed by atoms with Gasteiger partial charge < -0.3 is 9.84 Å². The van der Waals surface area contributed by atoms with Crippen molar-refractivity contribution in [2.75, 3.05) is 6.61 Å². The van der Waals surface area contributed by atoms with Crippen molar-refractivity contribution >= 4 is 50.6 Å². The van der Waals surface area contributed by atoms with Crippen LogP contribution in [0.3, 0.4) is 0 Å². The van der Waals surface area contributed by atoms with Gasteiger partial charge in [-0.2, -0.15) is 5.10 Å². The molecule has 126 valence electrons. The molecule has 24 heavy (non-hydrogen) atoms. The van der Waals surface area contributed by atoms with E-state index < -0.39 is 0 Å². The van der Waals surface area contributed by atoms with Gasteiger partial charge in [-0.15, -0.1) is 0 Å². The first-order valence-electron chi connectivity index (χ1n) is 7.07. The molecule has 0 aliphatic carbocycles. The molecular weight excluding hydrogens is 487 g/mol. The molecule has 0 atom stereocenters. The van der Waals surface area contributed by atoms with Gasteiger partial charge in [-0.3, -0.25) is 4.79 Å². The third-order valence-electron chi connectivity index (χ3n) is 3.15. The van der Waals surface area contributed by atoms with Gasteiger partial charge in [0, 0.05) is 13.6 Å². The van der Waals surface area contributed by atoms with Gasteiger partial charge in [0.25, 0.3) is 5.91 Å². The van der Waals surface area contributed by atoms with Crippen molar-refractivity contribution in [3.8, 4) is 11.5 Å². The second kappa shape index (κ2) is 8.48. The van der Waals surface area contributed by atoms with Crippen LogP contribution in [0.5, 0.6) is 11.5 Å². The Labute approximate surface area is 162 Å². The summed E-state index contributed by atoms with van der Waals surface area (Å²) >= 11 is 5.58. The zero-order valence-corrected chi connectivity index (χ0v) is 16.9. The standard InChI is InChI=1S/C17H16BrIN2O3/c1-10-5-13(19)6-11(2)17(10)24-9-16(23)21-20-8-12-7-14(22)3-4-15(12)18/h3-8,22H,9H2,1-2H3,(H,21,23)/b20-8+. The Morgan fingerprint density at radius 2 is 2.00 bits per heavy atom. The second-order valence-corrected chi connectivity index (χ2v) is 7.26. The molecule has 5 nitrogen and oxygen atoms in total. The van der Waals surface area contributed by atoms with Crippen LogP contribution in [0.15, 0.2) is 39.9 Å². The number of phenols is 1. The predicted octanol–water partition coefficient (Wildman–Crippen LogP) is 3.91. The van der Waals surface area contributed by atoms with Crippen LogP contribution in [-0.4, -0.2) is 23.8 Å². The monoisotopic (exact) mass is 502 g/mol. The van der Waals surface area contributed by atoms with Gasteiger partial charge in [-0.1, -0.05) is 15.9 Å². The van der Waals surface area contributed by atoms with E-state index in [0.29, 0.717) is 11.3 Å². The van der Waals surface area contributed by atoms with E-state index in [2.05, 4.69) is 49.0 Å².